The lowest BCUT2D eigenvalue weighted by Crippen LogP contribution is -2.31. The second-order valence-corrected chi connectivity index (χ2v) is 7.37. The fourth-order valence-corrected chi connectivity index (χ4v) is 2.63. The Morgan fingerprint density at radius 2 is 1.88 bits per heavy atom. The lowest BCUT2D eigenvalue weighted by Gasteiger charge is -2.33. The third kappa shape index (κ3) is 3.53. The maximum Gasteiger partial charge on any atom is 0.219 e. The van der Waals surface area contributed by atoms with Crippen LogP contribution in [-0.4, -0.2) is 15.0 Å². The summed E-state index contributed by atoms with van der Waals surface area (Å²) in [5.74, 6) is 1.19. The van der Waals surface area contributed by atoms with E-state index in [2.05, 4.69) is 13.8 Å². The van der Waals surface area contributed by atoms with Crippen molar-refractivity contribution in [2.45, 2.75) is 49.9 Å². The smallest absolute Gasteiger partial charge is 0.219 e. The highest BCUT2D eigenvalue weighted by Crippen LogP contribution is 2.41. The molecule has 94 valence electrons. The van der Waals surface area contributed by atoms with Crippen LogP contribution in [0.25, 0.3) is 0 Å². The Kier molecular flexibility index (Phi) is 5.01. The SMILES string of the molecule is CC1=C(C(O)C(Cl)(Cl)Cl)CC(C(C)C)CC1. The van der Waals surface area contributed by atoms with E-state index in [1.54, 1.807) is 0 Å². The highest BCUT2D eigenvalue weighted by atomic mass is 35.6. The molecule has 0 spiro atoms. The van der Waals surface area contributed by atoms with Crippen LogP contribution in [0.5, 0.6) is 0 Å². The fourth-order valence-electron chi connectivity index (χ4n) is 2.23. The summed E-state index contributed by atoms with van der Waals surface area (Å²) < 4.78 is -1.62. The molecule has 0 radical (unpaired) electrons. The summed E-state index contributed by atoms with van der Waals surface area (Å²) in [6.07, 6.45) is 2.03. The fraction of sp³-hybridized carbons (Fsp3) is 0.833. The maximum absolute atomic E-state index is 10.0. The number of rotatable bonds is 2. The molecule has 2 atom stereocenters. The van der Waals surface area contributed by atoms with Gasteiger partial charge in [-0.2, -0.15) is 0 Å². The molecule has 1 rings (SSSR count). The van der Waals surface area contributed by atoms with Gasteiger partial charge in [-0.3, -0.25) is 0 Å². The minimum Gasteiger partial charge on any atom is -0.384 e. The molecule has 0 aromatic carbocycles. The lowest BCUT2D eigenvalue weighted by atomic mass is 9.77. The third-order valence-electron chi connectivity index (χ3n) is 3.50. The summed E-state index contributed by atoms with van der Waals surface area (Å²) in [5.41, 5.74) is 2.10. The van der Waals surface area contributed by atoms with Gasteiger partial charge in [0.2, 0.25) is 3.79 Å². The van der Waals surface area contributed by atoms with E-state index in [9.17, 15) is 5.11 Å². The Morgan fingerprint density at radius 3 is 2.31 bits per heavy atom. The van der Waals surface area contributed by atoms with Crippen molar-refractivity contribution >= 4 is 34.8 Å². The van der Waals surface area contributed by atoms with Crippen molar-refractivity contribution in [2.24, 2.45) is 11.8 Å². The molecule has 2 unspecified atom stereocenters. The van der Waals surface area contributed by atoms with Gasteiger partial charge >= 0.3 is 0 Å². The zero-order valence-electron chi connectivity index (χ0n) is 9.93. The van der Waals surface area contributed by atoms with Crippen LogP contribution < -0.4 is 0 Å². The van der Waals surface area contributed by atoms with Crippen molar-refractivity contribution in [1.29, 1.82) is 0 Å². The molecule has 0 heterocycles. The quantitative estimate of drug-likeness (QED) is 0.585. The van der Waals surface area contributed by atoms with Crippen LogP contribution in [0, 0.1) is 11.8 Å². The minimum absolute atomic E-state index is 0.584. The molecule has 1 aliphatic carbocycles. The average molecular weight is 286 g/mol. The largest absolute Gasteiger partial charge is 0.384 e. The summed E-state index contributed by atoms with van der Waals surface area (Å²) in [4.78, 5) is 0. The number of halogens is 3. The zero-order valence-corrected chi connectivity index (χ0v) is 12.2. The second kappa shape index (κ2) is 5.48. The average Bonchev–Trinajstić information content (AvgIpc) is 2.15. The Bertz CT molecular complexity index is 278. The van der Waals surface area contributed by atoms with Gasteiger partial charge < -0.3 is 5.11 Å². The molecule has 0 saturated carbocycles. The first-order chi connectivity index (χ1) is 7.23. The summed E-state index contributed by atoms with van der Waals surface area (Å²) >= 11 is 17.3. The van der Waals surface area contributed by atoms with Crippen LogP contribution in [0.1, 0.15) is 40.0 Å². The predicted octanol–water partition coefficient (Wildman–Crippen LogP) is 4.49. The standard InChI is InChI=1S/C12H19Cl3O/c1-7(2)9-5-4-8(3)10(6-9)11(16)12(13,14)15/h7,9,11,16H,4-6H2,1-3H3. The molecule has 0 bridgehead atoms. The molecule has 0 fully saturated rings. The van der Waals surface area contributed by atoms with Gasteiger partial charge in [0.25, 0.3) is 0 Å². The molecule has 1 nitrogen and oxygen atoms in total. The van der Waals surface area contributed by atoms with E-state index < -0.39 is 9.90 Å². The van der Waals surface area contributed by atoms with Gasteiger partial charge in [-0.25, -0.2) is 0 Å². The number of hydrogen-bond donors (Lipinski definition) is 1. The first kappa shape index (κ1) is 14.6. The van der Waals surface area contributed by atoms with Crippen molar-refractivity contribution in [3.63, 3.8) is 0 Å². The number of allylic oxidation sites excluding steroid dienone is 1. The highest BCUT2D eigenvalue weighted by Gasteiger charge is 2.37. The first-order valence-corrected chi connectivity index (χ1v) is 6.80. The summed E-state index contributed by atoms with van der Waals surface area (Å²) in [7, 11) is 0. The third-order valence-corrected chi connectivity index (χ3v) is 4.12. The van der Waals surface area contributed by atoms with E-state index in [4.69, 9.17) is 34.8 Å². The van der Waals surface area contributed by atoms with Gasteiger partial charge in [-0.05, 0) is 43.6 Å². The number of aliphatic hydroxyl groups excluding tert-OH is 1. The van der Waals surface area contributed by atoms with Crippen LogP contribution >= 0.6 is 34.8 Å². The number of alkyl halides is 3. The van der Waals surface area contributed by atoms with E-state index in [1.807, 2.05) is 6.92 Å². The van der Waals surface area contributed by atoms with Gasteiger partial charge in [-0.15, -0.1) is 0 Å². The van der Waals surface area contributed by atoms with E-state index in [1.165, 1.54) is 12.0 Å². The molecule has 0 aromatic heterocycles. The molecule has 4 heteroatoms. The van der Waals surface area contributed by atoms with Crippen LogP contribution in [0.15, 0.2) is 11.1 Å². The zero-order chi connectivity index (χ0) is 12.5. The highest BCUT2D eigenvalue weighted by molar-refractivity contribution is 6.68. The molecule has 16 heavy (non-hydrogen) atoms. The Morgan fingerprint density at radius 1 is 1.31 bits per heavy atom. The van der Waals surface area contributed by atoms with E-state index in [-0.39, 0.29) is 0 Å². The number of hydrogen-bond acceptors (Lipinski definition) is 1. The molecule has 1 aliphatic rings. The maximum atomic E-state index is 10.0. The summed E-state index contributed by atoms with van der Waals surface area (Å²) in [5, 5.41) is 10.0. The molecule has 0 aromatic rings. The van der Waals surface area contributed by atoms with Gasteiger partial charge in [0.05, 0.1) is 0 Å². The van der Waals surface area contributed by atoms with Crippen LogP contribution in [-0.2, 0) is 0 Å². The predicted molar refractivity (Wildman–Crippen MR) is 71.2 cm³/mol. The molecule has 0 saturated heterocycles. The van der Waals surface area contributed by atoms with E-state index >= 15 is 0 Å². The summed E-state index contributed by atoms with van der Waals surface area (Å²) in [6, 6.07) is 0. The Hall–Kier alpha value is 0.570. The Balaban J connectivity index is 2.85. The van der Waals surface area contributed by atoms with Crippen LogP contribution in [0.2, 0.25) is 0 Å². The van der Waals surface area contributed by atoms with Gasteiger partial charge in [-0.1, -0.05) is 54.2 Å². The van der Waals surface area contributed by atoms with E-state index in [0.29, 0.717) is 11.8 Å². The molecule has 0 aliphatic heterocycles. The van der Waals surface area contributed by atoms with Crippen molar-refractivity contribution < 1.29 is 5.11 Å². The molecular weight excluding hydrogens is 266 g/mol. The minimum atomic E-state index is -1.62. The van der Waals surface area contributed by atoms with Crippen LogP contribution in [0.3, 0.4) is 0 Å². The molecular formula is C12H19Cl3O. The van der Waals surface area contributed by atoms with Crippen LogP contribution in [0.4, 0.5) is 0 Å². The Labute approximate surface area is 113 Å². The summed E-state index contributed by atoms with van der Waals surface area (Å²) in [6.45, 7) is 6.42. The number of aliphatic hydroxyl groups is 1. The van der Waals surface area contributed by atoms with Gasteiger partial charge in [0.1, 0.15) is 6.10 Å². The topological polar surface area (TPSA) is 20.2 Å². The van der Waals surface area contributed by atoms with Crippen molar-refractivity contribution in [2.75, 3.05) is 0 Å². The second-order valence-electron chi connectivity index (χ2n) is 5.00. The van der Waals surface area contributed by atoms with Crippen molar-refractivity contribution in [3.05, 3.63) is 11.1 Å². The molecule has 1 N–H and O–H groups in total. The van der Waals surface area contributed by atoms with Gasteiger partial charge in [0, 0.05) is 0 Å². The first-order valence-electron chi connectivity index (χ1n) is 5.66. The molecule has 0 amide bonds. The van der Waals surface area contributed by atoms with E-state index in [0.717, 1.165) is 18.4 Å². The van der Waals surface area contributed by atoms with Crippen molar-refractivity contribution in [1.82, 2.24) is 0 Å². The lowest BCUT2D eigenvalue weighted by molar-refractivity contribution is 0.194. The monoisotopic (exact) mass is 284 g/mol. The normalized spacial score (nSPS) is 25.1. The van der Waals surface area contributed by atoms with Gasteiger partial charge in [0.15, 0.2) is 0 Å². The van der Waals surface area contributed by atoms with Crippen molar-refractivity contribution in [3.8, 4) is 0 Å².